The topological polar surface area (TPSA) is 49.4 Å². The second-order valence-electron chi connectivity index (χ2n) is 6.06. The lowest BCUT2D eigenvalue weighted by atomic mass is 9.81. The van der Waals surface area contributed by atoms with Gasteiger partial charge in [0.25, 0.3) is 0 Å². The van der Waals surface area contributed by atoms with Crippen LogP contribution in [0.1, 0.15) is 39.5 Å². The molecule has 0 spiro atoms. The van der Waals surface area contributed by atoms with Crippen LogP contribution in [0.4, 0.5) is 5.69 Å². The third-order valence-corrected chi connectivity index (χ3v) is 5.16. The molecule has 1 saturated carbocycles. The standard InChI is InChI=1S/C18H25BrN2O2/c1-3-21(4-2)18(23)14-7-5-13(6-8-14)17(22)20-16-11-9-15(19)10-12-16/h9-14H,3-8H2,1-2H3,(H,20,22). The fraction of sp³-hybridized carbons (Fsp3) is 0.556. The lowest BCUT2D eigenvalue weighted by Crippen LogP contribution is -2.38. The highest BCUT2D eigenvalue weighted by Crippen LogP contribution is 2.31. The monoisotopic (exact) mass is 380 g/mol. The molecule has 1 fully saturated rings. The predicted molar refractivity (Wildman–Crippen MR) is 96.1 cm³/mol. The van der Waals surface area contributed by atoms with Gasteiger partial charge in [-0.3, -0.25) is 9.59 Å². The van der Waals surface area contributed by atoms with Crippen molar-refractivity contribution in [2.45, 2.75) is 39.5 Å². The molecule has 0 heterocycles. The molecular weight excluding hydrogens is 356 g/mol. The highest BCUT2D eigenvalue weighted by molar-refractivity contribution is 9.10. The van der Waals surface area contributed by atoms with Crippen LogP contribution in [0, 0.1) is 11.8 Å². The number of anilines is 1. The van der Waals surface area contributed by atoms with E-state index in [2.05, 4.69) is 21.2 Å². The van der Waals surface area contributed by atoms with Gasteiger partial charge in [0, 0.05) is 35.1 Å². The molecular formula is C18H25BrN2O2. The quantitative estimate of drug-likeness (QED) is 0.836. The zero-order valence-corrected chi connectivity index (χ0v) is 15.4. The van der Waals surface area contributed by atoms with Gasteiger partial charge in [0.15, 0.2) is 0 Å². The Balaban J connectivity index is 1.85. The van der Waals surface area contributed by atoms with E-state index in [9.17, 15) is 9.59 Å². The van der Waals surface area contributed by atoms with Crippen LogP contribution < -0.4 is 5.32 Å². The summed E-state index contributed by atoms with van der Waals surface area (Å²) in [5.41, 5.74) is 0.819. The van der Waals surface area contributed by atoms with Crippen LogP contribution in [0.25, 0.3) is 0 Å². The molecule has 0 atom stereocenters. The van der Waals surface area contributed by atoms with E-state index in [0.29, 0.717) is 0 Å². The van der Waals surface area contributed by atoms with E-state index in [4.69, 9.17) is 0 Å². The summed E-state index contributed by atoms with van der Waals surface area (Å²) >= 11 is 3.38. The number of benzene rings is 1. The molecule has 0 radical (unpaired) electrons. The number of rotatable bonds is 5. The Morgan fingerprint density at radius 1 is 1.04 bits per heavy atom. The minimum absolute atomic E-state index is 0.0133. The van der Waals surface area contributed by atoms with Crippen molar-refractivity contribution in [2.24, 2.45) is 11.8 Å². The van der Waals surface area contributed by atoms with E-state index >= 15 is 0 Å². The summed E-state index contributed by atoms with van der Waals surface area (Å²) in [7, 11) is 0. The lowest BCUT2D eigenvalue weighted by molar-refractivity contribution is -0.137. The first-order valence-electron chi connectivity index (χ1n) is 8.40. The van der Waals surface area contributed by atoms with Crippen LogP contribution in [0.2, 0.25) is 0 Å². The molecule has 1 N–H and O–H groups in total. The molecule has 0 aliphatic heterocycles. The second-order valence-corrected chi connectivity index (χ2v) is 6.97. The van der Waals surface area contributed by atoms with E-state index in [0.717, 1.165) is 48.9 Å². The number of nitrogens with zero attached hydrogens (tertiary/aromatic N) is 1. The van der Waals surface area contributed by atoms with Crippen LogP contribution in [-0.2, 0) is 9.59 Å². The molecule has 126 valence electrons. The van der Waals surface area contributed by atoms with E-state index < -0.39 is 0 Å². The van der Waals surface area contributed by atoms with Crippen LogP contribution in [0.5, 0.6) is 0 Å². The first kappa shape index (κ1) is 18.0. The van der Waals surface area contributed by atoms with Crippen molar-refractivity contribution in [3.63, 3.8) is 0 Å². The van der Waals surface area contributed by atoms with Crippen LogP contribution in [0.15, 0.2) is 28.7 Å². The highest BCUT2D eigenvalue weighted by atomic mass is 79.9. The van der Waals surface area contributed by atoms with Gasteiger partial charge < -0.3 is 10.2 Å². The minimum atomic E-state index is 0.0133. The smallest absolute Gasteiger partial charge is 0.227 e. The lowest BCUT2D eigenvalue weighted by Gasteiger charge is -2.30. The molecule has 23 heavy (non-hydrogen) atoms. The largest absolute Gasteiger partial charge is 0.343 e. The Hall–Kier alpha value is -1.36. The van der Waals surface area contributed by atoms with Crippen LogP contribution >= 0.6 is 15.9 Å². The Morgan fingerprint density at radius 2 is 1.57 bits per heavy atom. The number of hydrogen-bond donors (Lipinski definition) is 1. The molecule has 1 aliphatic rings. The van der Waals surface area contributed by atoms with Crippen LogP contribution in [0.3, 0.4) is 0 Å². The average molecular weight is 381 g/mol. The van der Waals surface area contributed by atoms with Crippen molar-refractivity contribution >= 4 is 33.4 Å². The van der Waals surface area contributed by atoms with Gasteiger partial charge in [0.1, 0.15) is 0 Å². The van der Waals surface area contributed by atoms with Gasteiger partial charge in [-0.15, -0.1) is 0 Å². The maximum absolute atomic E-state index is 12.4. The summed E-state index contributed by atoms with van der Waals surface area (Å²) in [6.07, 6.45) is 3.21. The molecule has 1 aromatic rings. The number of hydrogen-bond acceptors (Lipinski definition) is 2. The van der Waals surface area contributed by atoms with Gasteiger partial charge in [-0.05, 0) is 63.8 Å². The summed E-state index contributed by atoms with van der Waals surface area (Å²) in [5.74, 6) is 0.425. The fourth-order valence-electron chi connectivity index (χ4n) is 3.17. The minimum Gasteiger partial charge on any atom is -0.343 e. The molecule has 4 nitrogen and oxygen atoms in total. The van der Waals surface area contributed by atoms with E-state index in [-0.39, 0.29) is 23.7 Å². The maximum Gasteiger partial charge on any atom is 0.227 e. The Kier molecular flexibility index (Phi) is 6.63. The van der Waals surface area contributed by atoms with Crippen molar-refractivity contribution in [1.29, 1.82) is 0 Å². The Morgan fingerprint density at radius 3 is 2.09 bits per heavy atom. The van der Waals surface area contributed by atoms with Gasteiger partial charge in [0.05, 0.1) is 0 Å². The number of amides is 2. The molecule has 2 amide bonds. The fourth-order valence-corrected chi connectivity index (χ4v) is 3.44. The normalized spacial score (nSPS) is 20.8. The number of carbonyl (C=O) groups excluding carboxylic acids is 2. The van der Waals surface area contributed by atoms with Gasteiger partial charge in [-0.25, -0.2) is 0 Å². The third kappa shape index (κ3) is 4.80. The van der Waals surface area contributed by atoms with Gasteiger partial charge in [0.2, 0.25) is 11.8 Å². The van der Waals surface area contributed by atoms with E-state index in [1.165, 1.54) is 0 Å². The predicted octanol–water partition coefficient (Wildman–Crippen LogP) is 4.06. The van der Waals surface area contributed by atoms with Crippen LogP contribution in [-0.4, -0.2) is 29.8 Å². The summed E-state index contributed by atoms with van der Waals surface area (Å²) < 4.78 is 0.992. The molecule has 0 bridgehead atoms. The number of halogens is 1. The average Bonchev–Trinajstić information content (AvgIpc) is 2.58. The van der Waals surface area contributed by atoms with Crippen molar-refractivity contribution < 1.29 is 9.59 Å². The van der Waals surface area contributed by atoms with Gasteiger partial charge in [-0.1, -0.05) is 15.9 Å². The molecule has 1 aromatic carbocycles. The first-order valence-corrected chi connectivity index (χ1v) is 9.19. The summed E-state index contributed by atoms with van der Waals surface area (Å²) in [6, 6.07) is 7.60. The van der Waals surface area contributed by atoms with Gasteiger partial charge in [-0.2, -0.15) is 0 Å². The maximum atomic E-state index is 12.4. The van der Waals surface area contributed by atoms with Gasteiger partial charge >= 0.3 is 0 Å². The van der Waals surface area contributed by atoms with Crippen molar-refractivity contribution in [3.05, 3.63) is 28.7 Å². The number of nitrogens with one attached hydrogen (secondary N) is 1. The molecule has 2 rings (SSSR count). The Bertz CT molecular complexity index is 532. The highest BCUT2D eigenvalue weighted by Gasteiger charge is 2.31. The van der Waals surface area contributed by atoms with Crippen molar-refractivity contribution in [1.82, 2.24) is 4.90 Å². The molecule has 0 saturated heterocycles. The van der Waals surface area contributed by atoms with Crippen molar-refractivity contribution in [3.8, 4) is 0 Å². The van der Waals surface area contributed by atoms with E-state index in [1.54, 1.807) is 0 Å². The van der Waals surface area contributed by atoms with E-state index in [1.807, 2.05) is 43.0 Å². The second kappa shape index (κ2) is 8.48. The Labute approximate surface area is 146 Å². The number of carbonyl (C=O) groups is 2. The SMILES string of the molecule is CCN(CC)C(=O)C1CCC(C(=O)Nc2ccc(Br)cc2)CC1. The summed E-state index contributed by atoms with van der Waals surface area (Å²) in [6.45, 7) is 5.55. The molecule has 0 unspecified atom stereocenters. The summed E-state index contributed by atoms with van der Waals surface area (Å²) in [5, 5.41) is 2.97. The molecule has 1 aliphatic carbocycles. The molecule has 0 aromatic heterocycles. The zero-order valence-electron chi connectivity index (χ0n) is 13.8. The zero-order chi connectivity index (χ0) is 16.8. The first-order chi connectivity index (χ1) is 11.0. The molecule has 5 heteroatoms. The van der Waals surface area contributed by atoms with Crippen molar-refractivity contribution in [2.75, 3.05) is 18.4 Å². The summed E-state index contributed by atoms with van der Waals surface area (Å²) in [4.78, 5) is 26.6. The third-order valence-electron chi connectivity index (χ3n) is 4.63.